The Morgan fingerprint density at radius 2 is 1.65 bits per heavy atom. The zero-order valence-electron chi connectivity index (χ0n) is 11.4. The van der Waals surface area contributed by atoms with Crippen molar-refractivity contribution in [1.82, 2.24) is 10.6 Å². The van der Waals surface area contributed by atoms with Gasteiger partial charge in [-0.3, -0.25) is 9.59 Å². The molecule has 0 rings (SSSR count). The fourth-order valence-corrected chi connectivity index (χ4v) is 4.74. The zero-order valence-corrected chi connectivity index (χ0v) is 14.7. The highest BCUT2D eigenvalue weighted by Crippen LogP contribution is 2.22. The molecule has 0 aromatic heterocycles. The number of rotatable bonds is 12. The second-order valence-electron chi connectivity index (χ2n) is 3.50. The van der Waals surface area contributed by atoms with Crippen LogP contribution in [0.3, 0.4) is 0 Å². The maximum absolute atomic E-state index is 11.7. The molecular weight excluding hydrogens is 336 g/mol. The third kappa shape index (κ3) is 11.0. The normalized spacial score (nSPS) is 11.9. The Morgan fingerprint density at radius 1 is 1.05 bits per heavy atom. The molecular formula is C10H22N4O2S4. The molecule has 0 aliphatic rings. The highest BCUT2D eigenvalue weighted by molar-refractivity contribution is 8.77. The first-order valence-corrected chi connectivity index (χ1v) is 11.0. The summed E-state index contributed by atoms with van der Waals surface area (Å²) < 4.78 is 0. The Balaban J connectivity index is 4.01. The topological polar surface area (TPSA) is 110 Å². The lowest BCUT2D eigenvalue weighted by molar-refractivity contribution is -0.126. The highest BCUT2D eigenvalue weighted by Gasteiger charge is 2.19. The summed E-state index contributed by atoms with van der Waals surface area (Å²) in [6.45, 7) is 1.19. The molecule has 0 aromatic carbocycles. The lowest BCUT2D eigenvalue weighted by atomic mass is 10.3. The van der Waals surface area contributed by atoms with E-state index in [1.54, 1.807) is 28.6 Å². The summed E-state index contributed by atoms with van der Waals surface area (Å²) in [5.41, 5.74) is 10.8. The van der Waals surface area contributed by atoms with Crippen LogP contribution in [0.2, 0.25) is 0 Å². The van der Waals surface area contributed by atoms with E-state index < -0.39 is 6.04 Å². The van der Waals surface area contributed by atoms with Crippen LogP contribution in [0.15, 0.2) is 0 Å². The summed E-state index contributed by atoms with van der Waals surface area (Å²) in [5, 5.41) is 5.30. The third-order valence-electron chi connectivity index (χ3n) is 1.89. The van der Waals surface area contributed by atoms with Crippen LogP contribution in [-0.2, 0) is 9.59 Å². The van der Waals surface area contributed by atoms with Gasteiger partial charge in [0, 0.05) is 37.4 Å². The molecule has 20 heavy (non-hydrogen) atoms. The first kappa shape index (κ1) is 20.3. The van der Waals surface area contributed by atoms with Crippen LogP contribution in [0.1, 0.15) is 0 Å². The van der Waals surface area contributed by atoms with Crippen molar-refractivity contribution >= 4 is 55.0 Å². The van der Waals surface area contributed by atoms with Crippen LogP contribution >= 0.6 is 43.2 Å². The minimum atomic E-state index is -0.511. The van der Waals surface area contributed by atoms with Crippen molar-refractivity contribution in [3.8, 4) is 0 Å². The van der Waals surface area contributed by atoms with Gasteiger partial charge in [0.2, 0.25) is 11.8 Å². The van der Waals surface area contributed by atoms with E-state index in [0.29, 0.717) is 24.6 Å². The molecule has 0 saturated heterocycles. The number of nitrogens with one attached hydrogen (secondary N) is 2. The summed E-state index contributed by atoms with van der Waals surface area (Å²) in [4.78, 5) is 23.4. The Kier molecular flexibility index (Phi) is 14.4. The summed E-state index contributed by atoms with van der Waals surface area (Å²) >= 11 is 0. The molecule has 0 fully saturated rings. The van der Waals surface area contributed by atoms with Crippen molar-refractivity contribution in [2.24, 2.45) is 11.5 Å². The minimum absolute atomic E-state index is 0.141. The van der Waals surface area contributed by atoms with Crippen molar-refractivity contribution < 1.29 is 9.59 Å². The second-order valence-corrected chi connectivity index (χ2v) is 8.71. The Morgan fingerprint density at radius 3 is 2.20 bits per heavy atom. The molecule has 0 aromatic rings. The van der Waals surface area contributed by atoms with Crippen molar-refractivity contribution in [1.29, 1.82) is 0 Å². The quantitative estimate of drug-likeness (QED) is 0.283. The van der Waals surface area contributed by atoms with Crippen molar-refractivity contribution in [3.63, 3.8) is 0 Å². The molecule has 0 radical (unpaired) electrons. The van der Waals surface area contributed by atoms with E-state index in [0.717, 1.165) is 11.5 Å². The largest absolute Gasteiger partial charge is 0.357 e. The van der Waals surface area contributed by atoms with E-state index in [2.05, 4.69) is 10.6 Å². The monoisotopic (exact) mass is 358 g/mol. The predicted molar refractivity (Wildman–Crippen MR) is 93.9 cm³/mol. The number of carbonyl (C=O) groups is 2. The number of carbonyl (C=O) groups excluding carboxylic acids is 2. The number of hydrogen-bond donors (Lipinski definition) is 4. The molecule has 0 aliphatic carbocycles. The lowest BCUT2D eigenvalue weighted by Crippen LogP contribution is -2.47. The molecule has 0 saturated carbocycles. The number of amides is 2. The van der Waals surface area contributed by atoms with E-state index >= 15 is 0 Å². The number of likely N-dealkylation sites (N-methyl/N-ethyl adjacent to an activating group) is 1. The first-order valence-electron chi connectivity index (χ1n) is 6.05. The van der Waals surface area contributed by atoms with E-state index in [4.69, 9.17) is 11.5 Å². The van der Waals surface area contributed by atoms with Gasteiger partial charge < -0.3 is 22.1 Å². The highest BCUT2D eigenvalue weighted by atomic mass is 33.1. The lowest BCUT2D eigenvalue weighted by Gasteiger charge is -2.16. The molecule has 6 nitrogen and oxygen atoms in total. The predicted octanol–water partition coefficient (Wildman–Crippen LogP) is -0.103. The van der Waals surface area contributed by atoms with Crippen molar-refractivity contribution in [2.45, 2.75) is 6.04 Å². The van der Waals surface area contributed by atoms with E-state index in [1.165, 1.54) is 21.6 Å². The van der Waals surface area contributed by atoms with Gasteiger partial charge in [-0.2, -0.15) is 0 Å². The fraction of sp³-hybridized carbons (Fsp3) is 0.800. The summed E-state index contributed by atoms with van der Waals surface area (Å²) in [5.74, 6) is 2.15. The SMILES string of the molecule is CNC(=O)C(CSSCCN)NC(=O)CSSCCN. The summed E-state index contributed by atoms with van der Waals surface area (Å²) in [6, 6.07) is -0.511. The van der Waals surface area contributed by atoms with Crippen molar-refractivity contribution in [3.05, 3.63) is 0 Å². The third-order valence-corrected chi connectivity index (χ3v) is 6.64. The average molecular weight is 359 g/mol. The van der Waals surface area contributed by atoms with E-state index in [-0.39, 0.29) is 11.8 Å². The smallest absolute Gasteiger partial charge is 0.243 e. The molecule has 0 bridgehead atoms. The van der Waals surface area contributed by atoms with Gasteiger partial charge in [0.1, 0.15) is 6.04 Å². The maximum Gasteiger partial charge on any atom is 0.243 e. The zero-order chi connectivity index (χ0) is 15.2. The molecule has 118 valence electrons. The Bertz CT molecular complexity index is 284. The maximum atomic E-state index is 11.7. The molecule has 0 heterocycles. The van der Waals surface area contributed by atoms with Crippen molar-refractivity contribution in [2.75, 3.05) is 43.1 Å². The molecule has 2 amide bonds. The molecule has 1 unspecified atom stereocenters. The molecule has 10 heteroatoms. The molecule has 6 N–H and O–H groups in total. The van der Waals surface area contributed by atoms with Crippen LogP contribution in [0, 0.1) is 0 Å². The van der Waals surface area contributed by atoms with Crippen LogP contribution in [-0.4, -0.2) is 61.0 Å². The van der Waals surface area contributed by atoms with Crippen LogP contribution < -0.4 is 22.1 Å². The second kappa shape index (κ2) is 14.2. The number of nitrogens with two attached hydrogens (primary N) is 2. The van der Waals surface area contributed by atoms with Crippen LogP contribution in [0.5, 0.6) is 0 Å². The first-order chi connectivity index (χ1) is 9.65. The van der Waals surface area contributed by atoms with Gasteiger partial charge in [-0.15, -0.1) is 0 Å². The minimum Gasteiger partial charge on any atom is -0.357 e. The van der Waals surface area contributed by atoms with Crippen LogP contribution in [0.4, 0.5) is 0 Å². The standard InChI is InChI=1S/C10H22N4O2S4/c1-13-10(16)8(6-19-17-4-2-11)14-9(15)7-20-18-5-3-12/h8H,2-7,11-12H2,1H3,(H,13,16)(H,14,15). The van der Waals surface area contributed by atoms with Gasteiger partial charge in [0.05, 0.1) is 5.75 Å². The molecule has 0 spiro atoms. The van der Waals surface area contributed by atoms with Gasteiger partial charge in [-0.25, -0.2) is 0 Å². The van der Waals surface area contributed by atoms with Gasteiger partial charge in [0.15, 0.2) is 0 Å². The van der Waals surface area contributed by atoms with E-state index in [1.807, 2.05) is 0 Å². The molecule has 1 atom stereocenters. The van der Waals surface area contributed by atoms with Gasteiger partial charge in [-0.05, 0) is 0 Å². The summed E-state index contributed by atoms with van der Waals surface area (Å²) in [6.07, 6.45) is 0. The number of hydrogen-bond acceptors (Lipinski definition) is 8. The Hall–Kier alpha value is 0.260. The van der Waals surface area contributed by atoms with Gasteiger partial charge >= 0.3 is 0 Å². The summed E-state index contributed by atoms with van der Waals surface area (Å²) in [7, 11) is 7.69. The Labute approximate surface area is 135 Å². The van der Waals surface area contributed by atoms with Gasteiger partial charge in [0.25, 0.3) is 0 Å². The van der Waals surface area contributed by atoms with Gasteiger partial charge in [-0.1, -0.05) is 43.2 Å². The fourth-order valence-electron chi connectivity index (χ4n) is 1.02. The van der Waals surface area contributed by atoms with E-state index in [9.17, 15) is 9.59 Å². The average Bonchev–Trinajstić information content (AvgIpc) is 2.46. The van der Waals surface area contributed by atoms with Crippen LogP contribution in [0.25, 0.3) is 0 Å². The molecule has 0 aliphatic heterocycles.